The number of amides is 2. The number of nitrogens with one attached hydrogen (secondary N) is 2. The largest absolute Gasteiger partial charge is 0.273 e. The molecule has 6 nitrogen and oxygen atoms in total. The summed E-state index contributed by atoms with van der Waals surface area (Å²) in [6, 6.07) is 14.9. The van der Waals surface area contributed by atoms with Crippen LogP contribution in [-0.2, 0) is 9.59 Å². The molecule has 0 saturated heterocycles. The summed E-state index contributed by atoms with van der Waals surface area (Å²) >= 11 is 6.68. The molecule has 0 bridgehead atoms. The average Bonchev–Trinajstić information content (AvgIpc) is 2.63. The number of benzene rings is 2. The smallest absolute Gasteiger partial charge is 0.240 e. The highest BCUT2D eigenvalue weighted by Crippen LogP contribution is 2.09. The van der Waals surface area contributed by atoms with Gasteiger partial charge in [-0.05, 0) is 35.4 Å². The van der Waals surface area contributed by atoms with E-state index in [9.17, 15) is 9.59 Å². The van der Waals surface area contributed by atoms with Gasteiger partial charge in [0, 0.05) is 21.8 Å². The fourth-order valence-electron chi connectivity index (χ4n) is 1.79. The van der Waals surface area contributed by atoms with Crippen LogP contribution in [0.15, 0.2) is 67.7 Å². The fourth-order valence-corrected chi connectivity index (χ4v) is 2.32. The summed E-state index contributed by atoms with van der Waals surface area (Å²) in [7, 11) is 0. The Morgan fingerprint density at radius 2 is 1.08 bits per heavy atom. The number of carbonyl (C=O) groups is 2. The van der Waals surface area contributed by atoms with Crippen molar-refractivity contribution in [1.29, 1.82) is 0 Å². The molecule has 2 aromatic carbocycles. The monoisotopic (exact) mass is 478 g/mol. The molecule has 26 heavy (non-hydrogen) atoms. The minimum Gasteiger partial charge on any atom is -0.273 e. The quantitative estimate of drug-likeness (QED) is 0.469. The van der Waals surface area contributed by atoms with Crippen LogP contribution in [0, 0.1) is 0 Å². The van der Waals surface area contributed by atoms with Gasteiger partial charge >= 0.3 is 0 Å². The molecule has 2 N–H and O–H groups in total. The zero-order valence-corrected chi connectivity index (χ0v) is 16.8. The van der Waals surface area contributed by atoms with Gasteiger partial charge in [-0.2, -0.15) is 10.2 Å². The summed E-state index contributed by atoms with van der Waals surface area (Å²) in [6.07, 6.45) is 3.12. The van der Waals surface area contributed by atoms with Crippen molar-refractivity contribution < 1.29 is 9.59 Å². The van der Waals surface area contributed by atoms with Crippen molar-refractivity contribution in [3.8, 4) is 0 Å². The first-order valence-corrected chi connectivity index (χ1v) is 9.26. The molecule has 2 rings (SSSR count). The minimum atomic E-state index is -0.342. The molecule has 0 atom stereocenters. The number of hydrogen-bond acceptors (Lipinski definition) is 4. The molecule has 0 aliphatic rings. The van der Waals surface area contributed by atoms with Gasteiger partial charge in [0.15, 0.2) is 0 Å². The molecular formula is C18H16Br2N4O2. The van der Waals surface area contributed by atoms with Crippen LogP contribution in [0.3, 0.4) is 0 Å². The maximum atomic E-state index is 11.7. The summed E-state index contributed by atoms with van der Waals surface area (Å²) in [5, 5.41) is 7.71. The van der Waals surface area contributed by atoms with Gasteiger partial charge in [0.05, 0.1) is 12.4 Å². The van der Waals surface area contributed by atoms with Crippen molar-refractivity contribution in [3.05, 3.63) is 68.6 Å². The zero-order valence-electron chi connectivity index (χ0n) is 13.7. The van der Waals surface area contributed by atoms with Crippen molar-refractivity contribution in [2.75, 3.05) is 0 Å². The summed E-state index contributed by atoms with van der Waals surface area (Å²) in [5.41, 5.74) is 6.48. The standard InChI is InChI=1S/C18H16Br2N4O2/c19-15-5-1-13(2-6-15)11-21-23-17(25)9-10-18(26)24-22-12-14-3-7-16(20)8-4-14/h1-8,11-12H,9-10H2,(H,23,25)(H,24,26). The first-order valence-electron chi connectivity index (χ1n) is 7.68. The van der Waals surface area contributed by atoms with Gasteiger partial charge in [0.2, 0.25) is 11.8 Å². The zero-order chi connectivity index (χ0) is 18.8. The van der Waals surface area contributed by atoms with E-state index < -0.39 is 0 Å². The lowest BCUT2D eigenvalue weighted by Crippen LogP contribution is -2.22. The van der Waals surface area contributed by atoms with E-state index in [4.69, 9.17) is 0 Å². The van der Waals surface area contributed by atoms with Gasteiger partial charge in [-0.1, -0.05) is 56.1 Å². The van der Waals surface area contributed by atoms with Gasteiger partial charge in [-0.25, -0.2) is 10.9 Å². The van der Waals surface area contributed by atoms with E-state index in [2.05, 4.69) is 52.9 Å². The Kier molecular flexibility index (Phi) is 8.17. The lowest BCUT2D eigenvalue weighted by molar-refractivity contribution is -0.126. The van der Waals surface area contributed by atoms with Crippen molar-refractivity contribution in [1.82, 2.24) is 10.9 Å². The molecule has 0 unspecified atom stereocenters. The first-order chi connectivity index (χ1) is 12.5. The molecule has 0 heterocycles. The van der Waals surface area contributed by atoms with Gasteiger partial charge in [0.1, 0.15) is 0 Å². The van der Waals surface area contributed by atoms with Crippen LogP contribution in [0.1, 0.15) is 24.0 Å². The Labute approximate surface area is 168 Å². The van der Waals surface area contributed by atoms with E-state index in [1.54, 1.807) is 0 Å². The van der Waals surface area contributed by atoms with Crippen molar-refractivity contribution >= 4 is 56.1 Å². The third kappa shape index (κ3) is 7.71. The van der Waals surface area contributed by atoms with Gasteiger partial charge in [-0.15, -0.1) is 0 Å². The van der Waals surface area contributed by atoms with Crippen molar-refractivity contribution in [3.63, 3.8) is 0 Å². The summed E-state index contributed by atoms with van der Waals surface area (Å²) in [4.78, 5) is 23.3. The minimum absolute atomic E-state index is 0.0251. The van der Waals surface area contributed by atoms with Crippen molar-refractivity contribution in [2.24, 2.45) is 10.2 Å². The molecule has 0 aliphatic heterocycles. The Morgan fingerprint density at radius 3 is 1.42 bits per heavy atom. The van der Waals surface area contributed by atoms with E-state index in [-0.39, 0.29) is 24.7 Å². The predicted molar refractivity (Wildman–Crippen MR) is 109 cm³/mol. The van der Waals surface area contributed by atoms with Gasteiger partial charge in [-0.3, -0.25) is 9.59 Å². The van der Waals surface area contributed by atoms with Crippen LogP contribution in [0.2, 0.25) is 0 Å². The Balaban J connectivity index is 1.67. The maximum absolute atomic E-state index is 11.7. The third-order valence-electron chi connectivity index (χ3n) is 3.12. The average molecular weight is 480 g/mol. The van der Waals surface area contributed by atoms with Crippen LogP contribution in [0.25, 0.3) is 0 Å². The number of halogens is 2. The molecule has 0 fully saturated rings. The number of carbonyl (C=O) groups excluding carboxylic acids is 2. The van der Waals surface area contributed by atoms with Crippen LogP contribution < -0.4 is 10.9 Å². The first kappa shape index (κ1) is 20.0. The number of hydrogen-bond donors (Lipinski definition) is 2. The molecule has 0 saturated carbocycles. The molecule has 2 amide bonds. The van der Waals surface area contributed by atoms with E-state index in [0.717, 1.165) is 20.1 Å². The van der Waals surface area contributed by atoms with Crippen LogP contribution in [-0.4, -0.2) is 24.2 Å². The lowest BCUT2D eigenvalue weighted by Gasteiger charge is -2.00. The summed E-state index contributed by atoms with van der Waals surface area (Å²) in [5.74, 6) is -0.684. The molecule has 0 aliphatic carbocycles. The van der Waals surface area contributed by atoms with Crippen LogP contribution >= 0.6 is 31.9 Å². The van der Waals surface area contributed by atoms with Crippen LogP contribution in [0.5, 0.6) is 0 Å². The normalized spacial score (nSPS) is 11.0. The van der Waals surface area contributed by atoms with Crippen LogP contribution in [0.4, 0.5) is 0 Å². The second-order valence-electron chi connectivity index (χ2n) is 5.19. The summed E-state index contributed by atoms with van der Waals surface area (Å²) < 4.78 is 1.93. The molecule has 8 heteroatoms. The topological polar surface area (TPSA) is 82.9 Å². The van der Waals surface area contributed by atoms with E-state index in [0.29, 0.717) is 0 Å². The summed E-state index contributed by atoms with van der Waals surface area (Å²) in [6.45, 7) is 0. The maximum Gasteiger partial charge on any atom is 0.240 e. The fraction of sp³-hybridized carbons (Fsp3) is 0.111. The van der Waals surface area contributed by atoms with E-state index in [1.165, 1.54) is 12.4 Å². The highest BCUT2D eigenvalue weighted by molar-refractivity contribution is 9.10. The third-order valence-corrected chi connectivity index (χ3v) is 4.18. The predicted octanol–water partition coefficient (Wildman–Crippen LogP) is 3.59. The Bertz CT molecular complexity index is 733. The molecule has 2 aromatic rings. The molecule has 134 valence electrons. The molecular weight excluding hydrogens is 464 g/mol. The highest BCUT2D eigenvalue weighted by Gasteiger charge is 2.05. The Morgan fingerprint density at radius 1 is 0.731 bits per heavy atom. The second kappa shape index (κ2) is 10.6. The Hall–Kier alpha value is -2.32. The van der Waals surface area contributed by atoms with Crippen molar-refractivity contribution in [2.45, 2.75) is 12.8 Å². The van der Waals surface area contributed by atoms with Gasteiger partial charge < -0.3 is 0 Å². The molecule has 0 spiro atoms. The molecule has 0 aromatic heterocycles. The van der Waals surface area contributed by atoms with E-state index in [1.807, 2.05) is 48.5 Å². The van der Waals surface area contributed by atoms with E-state index >= 15 is 0 Å². The van der Waals surface area contributed by atoms with Gasteiger partial charge in [0.25, 0.3) is 0 Å². The number of rotatable bonds is 7. The SMILES string of the molecule is O=C(CCC(=O)NN=Cc1ccc(Br)cc1)NN=Cc1ccc(Br)cc1. The number of nitrogens with zero attached hydrogens (tertiary/aromatic N) is 2. The number of hydrazone groups is 2. The highest BCUT2D eigenvalue weighted by atomic mass is 79.9. The molecule has 0 radical (unpaired) electrons. The lowest BCUT2D eigenvalue weighted by atomic mass is 10.2. The second-order valence-corrected chi connectivity index (χ2v) is 7.02.